The van der Waals surface area contributed by atoms with Crippen molar-refractivity contribution in [1.29, 1.82) is 0 Å². The van der Waals surface area contributed by atoms with Crippen LogP contribution >= 0.6 is 0 Å². The first-order valence-electron chi connectivity index (χ1n) is 5.36. The van der Waals surface area contributed by atoms with E-state index in [1.807, 2.05) is 39.0 Å². The molecule has 0 aliphatic carbocycles. The second kappa shape index (κ2) is 3.46. The lowest BCUT2D eigenvalue weighted by Gasteiger charge is -2.38. The number of hydrogen-bond donors (Lipinski definition) is 1. The molecule has 0 unspecified atom stereocenters. The van der Waals surface area contributed by atoms with Crippen LogP contribution in [0, 0.1) is 19.3 Å². The lowest BCUT2D eigenvalue weighted by atomic mass is 9.76. The molecule has 0 amide bonds. The molecule has 1 aromatic rings. The van der Waals surface area contributed by atoms with Gasteiger partial charge < -0.3 is 5.32 Å². The SMILES string of the molecule is Cc1ccc(C)c(C(=O)C2(C)CNC2)c1. The third-order valence-electron chi connectivity index (χ3n) is 3.22. The van der Waals surface area contributed by atoms with Gasteiger partial charge in [0.05, 0.1) is 5.41 Å². The van der Waals surface area contributed by atoms with Crippen molar-refractivity contribution in [1.82, 2.24) is 5.32 Å². The quantitative estimate of drug-likeness (QED) is 0.746. The number of benzene rings is 1. The second-order valence-electron chi connectivity index (χ2n) is 4.81. The molecule has 1 heterocycles. The van der Waals surface area contributed by atoms with Crippen LogP contribution in [0.5, 0.6) is 0 Å². The number of aryl methyl sites for hydroxylation is 2. The highest BCUT2D eigenvalue weighted by atomic mass is 16.1. The van der Waals surface area contributed by atoms with Crippen LogP contribution in [0.3, 0.4) is 0 Å². The summed E-state index contributed by atoms with van der Waals surface area (Å²) in [5, 5.41) is 3.17. The van der Waals surface area contributed by atoms with E-state index >= 15 is 0 Å². The largest absolute Gasteiger partial charge is 0.315 e. The van der Waals surface area contributed by atoms with E-state index in [2.05, 4.69) is 5.32 Å². The molecule has 1 aliphatic rings. The van der Waals surface area contributed by atoms with Gasteiger partial charge in [-0.2, -0.15) is 0 Å². The number of ketones is 1. The minimum Gasteiger partial charge on any atom is -0.315 e. The Morgan fingerprint density at radius 2 is 2.00 bits per heavy atom. The van der Waals surface area contributed by atoms with E-state index < -0.39 is 0 Å². The van der Waals surface area contributed by atoms with E-state index in [1.165, 1.54) is 0 Å². The van der Waals surface area contributed by atoms with Crippen LogP contribution in [0.4, 0.5) is 0 Å². The van der Waals surface area contributed by atoms with E-state index in [4.69, 9.17) is 0 Å². The van der Waals surface area contributed by atoms with Crippen molar-refractivity contribution in [2.24, 2.45) is 5.41 Å². The fourth-order valence-electron chi connectivity index (χ4n) is 1.97. The molecular formula is C13H17NO. The second-order valence-corrected chi connectivity index (χ2v) is 4.81. The minimum atomic E-state index is -0.182. The number of carbonyl (C=O) groups excluding carboxylic acids is 1. The summed E-state index contributed by atoms with van der Waals surface area (Å²) in [6.45, 7) is 7.67. The highest BCUT2D eigenvalue weighted by Gasteiger charge is 2.40. The van der Waals surface area contributed by atoms with E-state index in [0.29, 0.717) is 0 Å². The number of rotatable bonds is 2. The van der Waals surface area contributed by atoms with Gasteiger partial charge in [-0.25, -0.2) is 0 Å². The Kier molecular flexibility index (Phi) is 2.39. The predicted molar refractivity (Wildman–Crippen MR) is 61.2 cm³/mol. The minimum absolute atomic E-state index is 0.182. The van der Waals surface area contributed by atoms with Gasteiger partial charge in [0.1, 0.15) is 0 Å². The van der Waals surface area contributed by atoms with Crippen LogP contribution in [0.1, 0.15) is 28.4 Å². The van der Waals surface area contributed by atoms with Gasteiger partial charge in [0.2, 0.25) is 0 Å². The van der Waals surface area contributed by atoms with Gasteiger partial charge in [-0.3, -0.25) is 4.79 Å². The molecule has 2 rings (SSSR count). The molecular weight excluding hydrogens is 186 g/mol. The summed E-state index contributed by atoms with van der Waals surface area (Å²) >= 11 is 0. The zero-order valence-electron chi connectivity index (χ0n) is 9.55. The average Bonchev–Trinajstić information content (AvgIpc) is 2.17. The Morgan fingerprint density at radius 1 is 1.33 bits per heavy atom. The smallest absolute Gasteiger partial charge is 0.171 e. The van der Waals surface area contributed by atoms with Crippen molar-refractivity contribution >= 4 is 5.78 Å². The Hall–Kier alpha value is -1.15. The van der Waals surface area contributed by atoms with Gasteiger partial charge in [-0.05, 0) is 32.4 Å². The lowest BCUT2D eigenvalue weighted by Crippen LogP contribution is -2.56. The molecule has 0 atom stereocenters. The van der Waals surface area contributed by atoms with Crippen LogP contribution in [-0.2, 0) is 0 Å². The summed E-state index contributed by atoms with van der Waals surface area (Å²) in [4.78, 5) is 12.3. The number of hydrogen-bond acceptors (Lipinski definition) is 2. The third-order valence-corrected chi connectivity index (χ3v) is 3.22. The maximum Gasteiger partial charge on any atom is 0.171 e. The highest BCUT2D eigenvalue weighted by molar-refractivity contribution is 6.02. The van der Waals surface area contributed by atoms with Gasteiger partial charge in [0.25, 0.3) is 0 Å². The van der Waals surface area contributed by atoms with Crippen molar-refractivity contribution in [2.75, 3.05) is 13.1 Å². The van der Waals surface area contributed by atoms with Crippen molar-refractivity contribution in [3.8, 4) is 0 Å². The molecule has 1 aromatic carbocycles. The van der Waals surface area contributed by atoms with Crippen LogP contribution in [0.25, 0.3) is 0 Å². The molecule has 80 valence electrons. The highest BCUT2D eigenvalue weighted by Crippen LogP contribution is 2.28. The molecule has 0 saturated carbocycles. The predicted octanol–water partition coefficient (Wildman–Crippen LogP) is 2.10. The molecule has 2 heteroatoms. The molecule has 1 N–H and O–H groups in total. The Bertz CT molecular complexity index is 405. The summed E-state index contributed by atoms with van der Waals surface area (Å²) in [5.41, 5.74) is 2.94. The van der Waals surface area contributed by atoms with Gasteiger partial charge in [0, 0.05) is 18.7 Å². The van der Waals surface area contributed by atoms with Crippen LogP contribution in [0.15, 0.2) is 18.2 Å². The molecule has 1 aliphatic heterocycles. The molecule has 15 heavy (non-hydrogen) atoms. The fourth-order valence-corrected chi connectivity index (χ4v) is 1.97. The van der Waals surface area contributed by atoms with Crippen LogP contribution < -0.4 is 5.32 Å². The normalized spacial score (nSPS) is 18.3. The molecule has 0 aromatic heterocycles. The first kappa shape index (κ1) is 10.4. The molecule has 2 nitrogen and oxygen atoms in total. The van der Waals surface area contributed by atoms with Gasteiger partial charge in [-0.15, -0.1) is 0 Å². The molecule has 0 radical (unpaired) electrons. The fraction of sp³-hybridized carbons (Fsp3) is 0.462. The van der Waals surface area contributed by atoms with Crippen LogP contribution in [-0.4, -0.2) is 18.9 Å². The zero-order valence-corrected chi connectivity index (χ0v) is 9.55. The summed E-state index contributed by atoms with van der Waals surface area (Å²) in [6.07, 6.45) is 0. The third kappa shape index (κ3) is 1.70. The topological polar surface area (TPSA) is 29.1 Å². The number of Topliss-reactive ketones (excluding diaryl/α,β-unsaturated/α-hetero) is 1. The number of carbonyl (C=O) groups is 1. The maximum absolute atomic E-state index is 12.3. The van der Waals surface area contributed by atoms with Gasteiger partial charge in [-0.1, -0.05) is 17.7 Å². The molecule has 1 fully saturated rings. The standard InChI is InChI=1S/C13H17NO/c1-9-4-5-10(2)11(6-9)12(15)13(3)7-14-8-13/h4-6,14H,7-8H2,1-3H3. The van der Waals surface area contributed by atoms with Gasteiger partial charge in [0.15, 0.2) is 5.78 Å². The monoisotopic (exact) mass is 203 g/mol. The summed E-state index contributed by atoms with van der Waals surface area (Å²) in [7, 11) is 0. The van der Waals surface area contributed by atoms with E-state index in [1.54, 1.807) is 0 Å². The van der Waals surface area contributed by atoms with Crippen molar-refractivity contribution in [2.45, 2.75) is 20.8 Å². The van der Waals surface area contributed by atoms with E-state index in [-0.39, 0.29) is 11.2 Å². The van der Waals surface area contributed by atoms with E-state index in [9.17, 15) is 4.79 Å². The Morgan fingerprint density at radius 3 is 2.53 bits per heavy atom. The van der Waals surface area contributed by atoms with Crippen molar-refractivity contribution in [3.05, 3.63) is 34.9 Å². The van der Waals surface area contributed by atoms with Crippen molar-refractivity contribution < 1.29 is 4.79 Å². The first-order valence-corrected chi connectivity index (χ1v) is 5.36. The Balaban J connectivity index is 2.36. The summed E-state index contributed by atoms with van der Waals surface area (Å²) < 4.78 is 0. The molecule has 0 bridgehead atoms. The molecule has 0 spiro atoms. The first-order chi connectivity index (χ1) is 7.03. The maximum atomic E-state index is 12.3. The summed E-state index contributed by atoms with van der Waals surface area (Å²) in [5.74, 6) is 0.280. The van der Waals surface area contributed by atoms with E-state index in [0.717, 1.165) is 29.8 Å². The summed E-state index contributed by atoms with van der Waals surface area (Å²) in [6, 6.07) is 6.08. The van der Waals surface area contributed by atoms with Gasteiger partial charge >= 0.3 is 0 Å². The number of nitrogens with one attached hydrogen (secondary N) is 1. The van der Waals surface area contributed by atoms with Crippen LogP contribution in [0.2, 0.25) is 0 Å². The zero-order chi connectivity index (χ0) is 11.1. The average molecular weight is 203 g/mol. The Labute approximate surface area is 90.7 Å². The van der Waals surface area contributed by atoms with Crippen molar-refractivity contribution in [3.63, 3.8) is 0 Å². The molecule has 1 saturated heterocycles. The lowest BCUT2D eigenvalue weighted by molar-refractivity contribution is 0.0721.